The first-order valence-electron chi connectivity index (χ1n) is 7.42. The molecule has 0 aliphatic carbocycles. The number of halogens is 1. The molecule has 0 spiro atoms. The molecule has 1 amide bonds. The van der Waals surface area contributed by atoms with Crippen molar-refractivity contribution in [2.24, 2.45) is 5.73 Å². The van der Waals surface area contributed by atoms with Crippen molar-refractivity contribution in [2.45, 2.75) is 6.42 Å². The quantitative estimate of drug-likeness (QED) is 0.878. The second kappa shape index (κ2) is 7.01. The normalized spacial score (nSPS) is 15.8. The zero-order valence-electron chi connectivity index (χ0n) is 12.6. The average Bonchev–Trinajstić information content (AvgIpc) is 2.98. The molecule has 3 rings (SSSR count). The largest absolute Gasteiger partial charge is 0.369 e. The predicted molar refractivity (Wildman–Crippen MR) is 87.0 cm³/mol. The van der Waals surface area contributed by atoms with Crippen molar-refractivity contribution in [3.8, 4) is 0 Å². The van der Waals surface area contributed by atoms with Gasteiger partial charge < -0.3 is 10.6 Å². The highest BCUT2D eigenvalue weighted by atomic mass is 32.1. The van der Waals surface area contributed by atoms with E-state index in [2.05, 4.69) is 15.1 Å². The Bertz CT molecular complexity index is 667. The van der Waals surface area contributed by atoms with Gasteiger partial charge in [-0.25, -0.2) is 4.39 Å². The van der Waals surface area contributed by atoms with Crippen molar-refractivity contribution in [2.75, 3.05) is 37.6 Å². The van der Waals surface area contributed by atoms with Gasteiger partial charge in [0.15, 0.2) is 0 Å². The minimum atomic E-state index is -0.295. The molecule has 2 heterocycles. The number of hydrogen-bond donors (Lipinski definition) is 1. The second-order valence-corrected chi connectivity index (χ2v) is 6.55. The monoisotopic (exact) mass is 335 g/mol. The molecule has 0 atom stereocenters. The van der Waals surface area contributed by atoms with E-state index in [-0.39, 0.29) is 11.7 Å². The number of piperazine rings is 1. The summed E-state index contributed by atoms with van der Waals surface area (Å²) in [6.07, 6.45) is 0.652. The van der Waals surface area contributed by atoms with E-state index in [4.69, 9.17) is 5.73 Å². The number of carbonyl (C=O) groups is 1. The summed E-state index contributed by atoms with van der Waals surface area (Å²) < 4.78 is 12.9. The summed E-state index contributed by atoms with van der Waals surface area (Å²) in [5, 5.41) is 10.3. The lowest BCUT2D eigenvalue weighted by Gasteiger charge is -2.33. The van der Waals surface area contributed by atoms with Crippen LogP contribution in [0, 0.1) is 5.82 Å². The molecule has 1 fully saturated rings. The van der Waals surface area contributed by atoms with Crippen molar-refractivity contribution in [1.29, 1.82) is 0 Å². The van der Waals surface area contributed by atoms with Crippen molar-refractivity contribution < 1.29 is 9.18 Å². The Morgan fingerprint density at radius 2 is 1.87 bits per heavy atom. The number of primary amides is 1. The number of hydrogen-bond acceptors (Lipinski definition) is 6. The fourth-order valence-corrected chi connectivity index (χ4v) is 3.46. The first-order chi connectivity index (χ1) is 11.1. The number of amides is 1. The summed E-state index contributed by atoms with van der Waals surface area (Å²) in [5.74, 6) is -0.531. The van der Waals surface area contributed by atoms with Crippen molar-refractivity contribution in [3.63, 3.8) is 0 Å². The minimum absolute atomic E-state index is 0.236. The third-order valence-electron chi connectivity index (χ3n) is 3.75. The van der Waals surface area contributed by atoms with Crippen molar-refractivity contribution >= 4 is 22.4 Å². The van der Waals surface area contributed by atoms with Crippen LogP contribution in [-0.4, -0.2) is 53.7 Å². The maximum Gasteiger partial charge on any atom is 0.231 e. The van der Waals surface area contributed by atoms with E-state index in [9.17, 15) is 9.18 Å². The fourth-order valence-electron chi connectivity index (χ4n) is 2.54. The number of aromatic nitrogens is 2. The summed E-state index contributed by atoms with van der Waals surface area (Å²) >= 11 is 1.55. The SMILES string of the molecule is NC(=O)CN1CCN(c2nnc(Cc3ccc(F)cc3)s2)CC1. The molecule has 0 unspecified atom stereocenters. The number of benzene rings is 1. The smallest absolute Gasteiger partial charge is 0.231 e. The van der Waals surface area contributed by atoms with Gasteiger partial charge in [-0.1, -0.05) is 23.5 Å². The lowest BCUT2D eigenvalue weighted by molar-refractivity contribution is -0.119. The van der Waals surface area contributed by atoms with E-state index in [0.29, 0.717) is 13.0 Å². The maximum atomic E-state index is 12.9. The van der Waals surface area contributed by atoms with Gasteiger partial charge in [0.05, 0.1) is 6.54 Å². The number of nitrogens with two attached hydrogens (primary N) is 1. The van der Waals surface area contributed by atoms with Gasteiger partial charge in [0.1, 0.15) is 10.8 Å². The lowest BCUT2D eigenvalue weighted by atomic mass is 10.2. The average molecular weight is 335 g/mol. The summed E-state index contributed by atoms with van der Waals surface area (Å²) in [6.45, 7) is 3.49. The Hall–Kier alpha value is -2.06. The molecule has 122 valence electrons. The molecular weight excluding hydrogens is 317 g/mol. The van der Waals surface area contributed by atoms with Gasteiger partial charge in [-0.3, -0.25) is 9.69 Å². The number of rotatable bonds is 5. The van der Waals surface area contributed by atoms with E-state index in [1.165, 1.54) is 12.1 Å². The van der Waals surface area contributed by atoms with Crippen molar-refractivity contribution in [1.82, 2.24) is 15.1 Å². The van der Waals surface area contributed by atoms with Gasteiger partial charge in [0.25, 0.3) is 0 Å². The molecule has 1 aliphatic heterocycles. The third-order valence-corrected chi connectivity index (χ3v) is 4.73. The minimum Gasteiger partial charge on any atom is -0.369 e. The standard InChI is InChI=1S/C15H18FN5OS/c16-12-3-1-11(2-4-12)9-14-18-19-15(23-14)21-7-5-20(6-8-21)10-13(17)22/h1-4H,5-10H2,(H2,17,22). The fraction of sp³-hybridized carbons (Fsp3) is 0.400. The molecule has 0 bridgehead atoms. The van der Waals surface area contributed by atoms with Gasteiger partial charge >= 0.3 is 0 Å². The molecular formula is C15H18FN5OS. The zero-order valence-corrected chi connectivity index (χ0v) is 13.4. The molecule has 2 aromatic rings. The van der Waals surface area contributed by atoms with Gasteiger partial charge in [-0.15, -0.1) is 10.2 Å². The Labute approximate surface area is 137 Å². The van der Waals surface area contributed by atoms with E-state index in [1.807, 2.05) is 4.90 Å². The van der Waals surface area contributed by atoms with Crippen LogP contribution >= 0.6 is 11.3 Å². The van der Waals surface area contributed by atoms with Gasteiger partial charge in [0, 0.05) is 32.6 Å². The van der Waals surface area contributed by atoms with Crippen molar-refractivity contribution in [3.05, 3.63) is 40.7 Å². The van der Waals surface area contributed by atoms with Crippen LogP contribution in [0.3, 0.4) is 0 Å². The van der Waals surface area contributed by atoms with E-state index in [0.717, 1.165) is 41.9 Å². The summed E-state index contributed by atoms with van der Waals surface area (Å²) in [4.78, 5) is 15.2. The van der Waals surface area contributed by atoms with E-state index >= 15 is 0 Å². The van der Waals surface area contributed by atoms with Crippen LogP contribution in [0.1, 0.15) is 10.6 Å². The summed E-state index contributed by atoms with van der Waals surface area (Å²) in [6, 6.07) is 6.43. The lowest BCUT2D eigenvalue weighted by Crippen LogP contribution is -2.48. The first-order valence-corrected chi connectivity index (χ1v) is 8.24. The molecule has 0 saturated carbocycles. The predicted octanol–water partition coefficient (Wildman–Crippen LogP) is 0.875. The van der Waals surface area contributed by atoms with Crippen LogP contribution in [0.15, 0.2) is 24.3 Å². The number of anilines is 1. The van der Waals surface area contributed by atoms with Crippen LogP contribution in [0.4, 0.5) is 9.52 Å². The van der Waals surface area contributed by atoms with Crippen LogP contribution in [-0.2, 0) is 11.2 Å². The van der Waals surface area contributed by atoms with Crippen LogP contribution in [0.2, 0.25) is 0 Å². The van der Waals surface area contributed by atoms with E-state index < -0.39 is 0 Å². The van der Waals surface area contributed by atoms with E-state index in [1.54, 1.807) is 23.5 Å². The topological polar surface area (TPSA) is 75.4 Å². The third kappa shape index (κ3) is 4.23. The molecule has 1 aliphatic rings. The Morgan fingerprint density at radius 1 is 1.17 bits per heavy atom. The maximum absolute atomic E-state index is 12.9. The molecule has 1 aromatic heterocycles. The molecule has 2 N–H and O–H groups in total. The molecule has 1 saturated heterocycles. The summed E-state index contributed by atoms with van der Waals surface area (Å²) in [5.41, 5.74) is 6.23. The summed E-state index contributed by atoms with van der Waals surface area (Å²) in [7, 11) is 0. The highest BCUT2D eigenvalue weighted by Gasteiger charge is 2.20. The Kier molecular flexibility index (Phi) is 4.82. The number of carbonyl (C=O) groups excluding carboxylic acids is 1. The van der Waals surface area contributed by atoms with Crippen LogP contribution < -0.4 is 10.6 Å². The highest BCUT2D eigenvalue weighted by Crippen LogP contribution is 2.23. The van der Waals surface area contributed by atoms with Gasteiger partial charge in [-0.05, 0) is 17.7 Å². The molecule has 1 aromatic carbocycles. The second-order valence-electron chi connectivity index (χ2n) is 5.51. The molecule has 0 radical (unpaired) electrons. The highest BCUT2D eigenvalue weighted by molar-refractivity contribution is 7.15. The van der Waals surface area contributed by atoms with Gasteiger partial charge in [0.2, 0.25) is 11.0 Å². The molecule has 6 nitrogen and oxygen atoms in total. The molecule has 8 heteroatoms. The van der Waals surface area contributed by atoms with Crippen LogP contribution in [0.5, 0.6) is 0 Å². The first kappa shape index (κ1) is 15.8. The van der Waals surface area contributed by atoms with Crippen LogP contribution in [0.25, 0.3) is 0 Å². The Balaban J connectivity index is 1.57. The zero-order chi connectivity index (χ0) is 16.2. The Morgan fingerprint density at radius 3 is 2.52 bits per heavy atom. The van der Waals surface area contributed by atoms with Gasteiger partial charge in [-0.2, -0.15) is 0 Å². The molecule has 23 heavy (non-hydrogen) atoms. The number of nitrogens with zero attached hydrogens (tertiary/aromatic N) is 4.